The Morgan fingerprint density at radius 2 is 1.86 bits per heavy atom. The molecule has 1 aliphatic rings. The van der Waals surface area contributed by atoms with E-state index in [1.807, 2.05) is 25.1 Å². The number of hydrogen-bond donors (Lipinski definition) is 0. The molecule has 7 heteroatoms. The van der Waals surface area contributed by atoms with Gasteiger partial charge in [-0.2, -0.15) is 0 Å². The van der Waals surface area contributed by atoms with E-state index in [1.165, 1.54) is 7.11 Å². The fourth-order valence-corrected chi connectivity index (χ4v) is 2.58. The van der Waals surface area contributed by atoms with Crippen LogP contribution in [0.4, 0.5) is 0 Å². The van der Waals surface area contributed by atoms with Gasteiger partial charge in [-0.1, -0.05) is 18.2 Å². The van der Waals surface area contributed by atoms with Crippen molar-refractivity contribution in [2.45, 2.75) is 6.92 Å². The Bertz CT molecular complexity index is 902. The lowest BCUT2D eigenvalue weighted by Crippen LogP contribution is -2.19. The average molecular weight is 384 g/mol. The van der Waals surface area contributed by atoms with Gasteiger partial charge >= 0.3 is 5.97 Å². The summed E-state index contributed by atoms with van der Waals surface area (Å²) in [6, 6.07) is 10.1. The van der Waals surface area contributed by atoms with Gasteiger partial charge in [0.15, 0.2) is 42.0 Å². The largest absolute Gasteiger partial charge is 0.493 e. The highest BCUT2D eigenvalue weighted by Gasteiger charge is 2.17. The Kier molecular flexibility index (Phi) is 6.16. The van der Waals surface area contributed by atoms with Gasteiger partial charge in [0.05, 0.1) is 7.11 Å². The van der Waals surface area contributed by atoms with Crippen molar-refractivity contribution in [2.24, 2.45) is 0 Å². The molecular formula is C21H20O7. The quantitative estimate of drug-likeness (QED) is 0.510. The van der Waals surface area contributed by atoms with Crippen molar-refractivity contribution in [3.8, 4) is 23.0 Å². The molecule has 0 aliphatic carbocycles. The van der Waals surface area contributed by atoms with Crippen LogP contribution in [0.1, 0.15) is 22.8 Å². The van der Waals surface area contributed by atoms with Crippen LogP contribution in [0.3, 0.4) is 0 Å². The first-order valence-electron chi connectivity index (χ1n) is 8.62. The summed E-state index contributed by atoms with van der Waals surface area (Å²) in [5.74, 6) is 0.980. The van der Waals surface area contributed by atoms with Gasteiger partial charge in [-0.25, -0.2) is 4.79 Å². The molecule has 1 heterocycles. The topological polar surface area (TPSA) is 80.3 Å². The first kappa shape index (κ1) is 19.3. The van der Waals surface area contributed by atoms with Crippen LogP contribution in [0.15, 0.2) is 42.5 Å². The number of rotatable bonds is 8. The number of methoxy groups -OCH3 is 1. The maximum Gasteiger partial charge on any atom is 0.344 e. The summed E-state index contributed by atoms with van der Waals surface area (Å²) in [6.07, 6.45) is 3.83. The number of ether oxygens (including phenoxy) is 5. The van der Waals surface area contributed by atoms with Crippen molar-refractivity contribution >= 4 is 17.8 Å². The van der Waals surface area contributed by atoms with Crippen LogP contribution in [0.2, 0.25) is 0 Å². The van der Waals surface area contributed by atoms with Crippen LogP contribution >= 0.6 is 0 Å². The van der Waals surface area contributed by atoms with E-state index in [4.69, 9.17) is 23.7 Å². The first-order chi connectivity index (χ1) is 13.6. The van der Waals surface area contributed by atoms with E-state index in [0.717, 1.165) is 5.56 Å². The van der Waals surface area contributed by atoms with Crippen molar-refractivity contribution in [1.29, 1.82) is 0 Å². The molecule has 0 unspecified atom stereocenters. The Labute approximate surface area is 162 Å². The highest BCUT2D eigenvalue weighted by molar-refractivity contribution is 5.98. The summed E-state index contributed by atoms with van der Waals surface area (Å²) in [7, 11) is 1.52. The predicted molar refractivity (Wildman–Crippen MR) is 101 cm³/mol. The second kappa shape index (κ2) is 8.94. The fourth-order valence-electron chi connectivity index (χ4n) is 2.58. The molecule has 0 saturated heterocycles. The number of fused-ring (bicyclic) bond motifs is 1. The van der Waals surface area contributed by atoms with E-state index in [0.29, 0.717) is 28.6 Å². The number of allylic oxidation sites excluding steroid dienone is 1. The van der Waals surface area contributed by atoms with Gasteiger partial charge in [-0.15, -0.1) is 0 Å². The summed E-state index contributed by atoms with van der Waals surface area (Å²) in [6.45, 7) is 1.31. The molecular weight excluding hydrogens is 364 g/mol. The van der Waals surface area contributed by atoms with E-state index >= 15 is 0 Å². The summed E-state index contributed by atoms with van der Waals surface area (Å²) >= 11 is 0. The minimum absolute atomic E-state index is 0.123. The summed E-state index contributed by atoms with van der Waals surface area (Å²) in [4.78, 5) is 24.1. The van der Waals surface area contributed by atoms with Crippen LogP contribution in [0.5, 0.6) is 23.0 Å². The summed E-state index contributed by atoms with van der Waals surface area (Å²) in [5.41, 5.74) is 1.32. The maximum atomic E-state index is 12.2. The van der Waals surface area contributed by atoms with E-state index in [2.05, 4.69) is 0 Å². The van der Waals surface area contributed by atoms with Gasteiger partial charge in [0.2, 0.25) is 6.79 Å². The van der Waals surface area contributed by atoms with Gasteiger partial charge in [0, 0.05) is 5.56 Å². The molecule has 7 nitrogen and oxygen atoms in total. The number of esters is 1. The van der Waals surface area contributed by atoms with Gasteiger partial charge in [-0.3, -0.25) is 4.79 Å². The lowest BCUT2D eigenvalue weighted by Gasteiger charge is -2.11. The zero-order valence-corrected chi connectivity index (χ0v) is 15.6. The van der Waals surface area contributed by atoms with Crippen LogP contribution in [0, 0.1) is 0 Å². The Morgan fingerprint density at radius 3 is 2.64 bits per heavy atom. The molecule has 2 aromatic carbocycles. The number of ketones is 1. The second-order valence-corrected chi connectivity index (χ2v) is 5.85. The van der Waals surface area contributed by atoms with E-state index in [-0.39, 0.29) is 25.8 Å². The van der Waals surface area contributed by atoms with Crippen LogP contribution in [-0.2, 0) is 9.53 Å². The van der Waals surface area contributed by atoms with Gasteiger partial charge in [0.1, 0.15) is 0 Å². The smallest absolute Gasteiger partial charge is 0.344 e. The van der Waals surface area contributed by atoms with Crippen LogP contribution in [0.25, 0.3) is 6.08 Å². The summed E-state index contributed by atoms with van der Waals surface area (Å²) in [5, 5.41) is 0. The number of carbonyl (C=O) groups excluding carboxylic acids is 2. The van der Waals surface area contributed by atoms with E-state index in [1.54, 1.807) is 30.3 Å². The molecule has 0 fully saturated rings. The molecule has 3 rings (SSSR count). The Morgan fingerprint density at radius 1 is 1.04 bits per heavy atom. The minimum atomic E-state index is -0.659. The minimum Gasteiger partial charge on any atom is -0.493 e. The molecule has 28 heavy (non-hydrogen) atoms. The normalized spacial score (nSPS) is 12.1. The van der Waals surface area contributed by atoms with Crippen molar-refractivity contribution < 1.29 is 33.3 Å². The predicted octanol–water partition coefficient (Wildman–Crippen LogP) is 3.26. The molecule has 1 aliphatic heterocycles. The third kappa shape index (κ3) is 4.62. The summed E-state index contributed by atoms with van der Waals surface area (Å²) < 4.78 is 26.1. The third-order valence-corrected chi connectivity index (χ3v) is 3.95. The Hall–Kier alpha value is -3.48. The number of benzene rings is 2. The molecule has 146 valence electrons. The molecule has 0 N–H and O–H groups in total. The molecule has 0 radical (unpaired) electrons. The number of Topliss-reactive ketones (excluding diaryl/α,β-unsaturated/α-hetero) is 1. The molecule has 2 aromatic rings. The second-order valence-electron chi connectivity index (χ2n) is 5.85. The van der Waals surface area contributed by atoms with Crippen LogP contribution in [-0.4, -0.2) is 38.9 Å². The molecule has 0 saturated carbocycles. The third-order valence-electron chi connectivity index (χ3n) is 3.95. The number of hydrogen-bond acceptors (Lipinski definition) is 7. The van der Waals surface area contributed by atoms with Gasteiger partial charge in [-0.05, 0) is 42.8 Å². The first-order valence-corrected chi connectivity index (χ1v) is 8.62. The lowest BCUT2D eigenvalue weighted by atomic mass is 10.1. The van der Waals surface area contributed by atoms with Gasteiger partial charge in [0.25, 0.3) is 0 Å². The van der Waals surface area contributed by atoms with E-state index < -0.39 is 5.97 Å². The van der Waals surface area contributed by atoms with Crippen molar-refractivity contribution in [3.63, 3.8) is 0 Å². The SMILES string of the molecule is CC=Cc1ccc(OCC(=O)OCC(=O)c2ccc3c(c2)OCO3)c(OC)c1. The lowest BCUT2D eigenvalue weighted by molar-refractivity contribution is -0.144. The number of carbonyl (C=O) groups is 2. The van der Waals surface area contributed by atoms with Crippen molar-refractivity contribution in [1.82, 2.24) is 0 Å². The zero-order valence-electron chi connectivity index (χ0n) is 15.6. The van der Waals surface area contributed by atoms with Crippen molar-refractivity contribution in [3.05, 3.63) is 53.6 Å². The highest BCUT2D eigenvalue weighted by atomic mass is 16.7. The standard InChI is InChI=1S/C21H20O7/c1-3-4-14-5-7-17(19(9-14)24-2)25-12-21(23)26-11-16(22)15-6-8-18-20(10-15)28-13-27-18/h3-10H,11-13H2,1-2H3. The molecule has 0 aromatic heterocycles. The monoisotopic (exact) mass is 384 g/mol. The Balaban J connectivity index is 1.51. The molecule has 0 bridgehead atoms. The van der Waals surface area contributed by atoms with Crippen LogP contribution < -0.4 is 18.9 Å². The fraction of sp³-hybridized carbons (Fsp3) is 0.238. The molecule has 0 spiro atoms. The van der Waals surface area contributed by atoms with E-state index in [9.17, 15) is 9.59 Å². The highest BCUT2D eigenvalue weighted by Crippen LogP contribution is 2.32. The molecule has 0 amide bonds. The zero-order chi connectivity index (χ0) is 19.9. The molecule has 0 atom stereocenters. The van der Waals surface area contributed by atoms with Gasteiger partial charge < -0.3 is 23.7 Å². The van der Waals surface area contributed by atoms with Crippen molar-refractivity contribution in [2.75, 3.05) is 27.1 Å². The average Bonchev–Trinajstić information content (AvgIpc) is 3.19. The maximum absolute atomic E-state index is 12.2.